The van der Waals surface area contributed by atoms with Crippen molar-refractivity contribution in [3.63, 3.8) is 0 Å². The highest BCUT2D eigenvalue weighted by Crippen LogP contribution is 1.92. The lowest BCUT2D eigenvalue weighted by Gasteiger charge is -2.20. The van der Waals surface area contributed by atoms with E-state index in [1.54, 1.807) is 18.9 Å². The Morgan fingerprint density at radius 2 is 2.07 bits per heavy atom. The summed E-state index contributed by atoms with van der Waals surface area (Å²) in [7, 11) is 3.10. The molecule has 0 aliphatic heterocycles. The largest absolute Gasteiger partial charge is 0.469 e. The minimum atomic E-state index is -0.272. The third-order valence-electron chi connectivity index (χ3n) is 2.23. The first-order valence-corrected chi connectivity index (χ1v) is 5.08. The Morgan fingerprint density at radius 1 is 1.47 bits per heavy atom. The molecule has 0 heterocycles. The zero-order valence-electron chi connectivity index (χ0n) is 9.87. The molecule has 5 heteroatoms. The zero-order valence-corrected chi connectivity index (χ0v) is 9.87. The Kier molecular flexibility index (Phi) is 6.70. The third kappa shape index (κ3) is 5.37. The Morgan fingerprint density at radius 3 is 2.53 bits per heavy atom. The molecular weight excluding hydrogens is 196 g/mol. The molecule has 0 fully saturated rings. The van der Waals surface area contributed by atoms with Crippen molar-refractivity contribution in [3.05, 3.63) is 0 Å². The monoisotopic (exact) mass is 216 g/mol. The van der Waals surface area contributed by atoms with Gasteiger partial charge in [-0.15, -0.1) is 0 Å². The first-order chi connectivity index (χ1) is 7.02. The number of esters is 1. The van der Waals surface area contributed by atoms with Crippen LogP contribution >= 0.6 is 0 Å². The first kappa shape index (κ1) is 13.9. The summed E-state index contributed by atoms with van der Waals surface area (Å²) in [5.74, 6) is -0.242. The molecule has 0 aromatic heterocycles. The molecule has 88 valence electrons. The van der Waals surface area contributed by atoms with Gasteiger partial charge in [-0.3, -0.25) is 9.59 Å². The fourth-order valence-corrected chi connectivity index (χ4v) is 1.07. The second-order valence-electron chi connectivity index (χ2n) is 3.35. The van der Waals surface area contributed by atoms with Crippen molar-refractivity contribution in [3.8, 4) is 0 Å². The zero-order chi connectivity index (χ0) is 11.8. The predicted octanol–water partition coefficient (Wildman–Crippen LogP) is 0.00590. The molecule has 0 bridgehead atoms. The van der Waals surface area contributed by atoms with Crippen LogP contribution in [0.2, 0.25) is 0 Å². The van der Waals surface area contributed by atoms with Crippen LogP contribution in [0.4, 0.5) is 0 Å². The van der Waals surface area contributed by atoms with Gasteiger partial charge in [0.1, 0.15) is 0 Å². The van der Waals surface area contributed by atoms with Gasteiger partial charge < -0.3 is 15.0 Å². The van der Waals surface area contributed by atoms with Crippen molar-refractivity contribution >= 4 is 11.9 Å². The van der Waals surface area contributed by atoms with Crippen LogP contribution in [0.15, 0.2) is 0 Å². The summed E-state index contributed by atoms with van der Waals surface area (Å²) >= 11 is 0. The van der Waals surface area contributed by atoms with Gasteiger partial charge in [-0.2, -0.15) is 0 Å². The molecule has 0 spiro atoms. The van der Waals surface area contributed by atoms with Crippen LogP contribution in [0.25, 0.3) is 0 Å². The number of rotatable bonds is 6. The van der Waals surface area contributed by atoms with E-state index in [1.165, 1.54) is 7.11 Å². The Labute approximate surface area is 90.8 Å². The lowest BCUT2D eigenvalue weighted by molar-refractivity contribution is -0.140. The van der Waals surface area contributed by atoms with Crippen LogP contribution in [0.3, 0.4) is 0 Å². The van der Waals surface area contributed by atoms with Crippen LogP contribution in [-0.2, 0) is 14.3 Å². The topological polar surface area (TPSA) is 58.6 Å². The van der Waals surface area contributed by atoms with E-state index in [0.29, 0.717) is 13.1 Å². The maximum atomic E-state index is 11.6. The number of hydrogen-bond donors (Lipinski definition) is 1. The quantitative estimate of drug-likeness (QED) is 0.635. The minimum Gasteiger partial charge on any atom is -0.469 e. The molecule has 5 nitrogen and oxygen atoms in total. The molecule has 0 radical (unpaired) electrons. The van der Waals surface area contributed by atoms with Gasteiger partial charge >= 0.3 is 5.97 Å². The molecule has 15 heavy (non-hydrogen) atoms. The van der Waals surface area contributed by atoms with Gasteiger partial charge in [-0.1, -0.05) is 0 Å². The van der Waals surface area contributed by atoms with Gasteiger partial charge in [0.05, 0.1) is 19.6 Å². The summed E-state index contributed by atoms with van der Waals surface area (Å²) in [4.78, 5) is 24.0. The summed E-state index contributed by atoms with van der Waals surface area (Å²) < 4.78 is 4.49. The number of hydrogen-bond acceptors (Lipinski definition) is 4. The SMILES string of the molecule is CCN(C)C(=O)C(C)NCCC(=O)OC. The second-order valence-corrected chi connectivity index (χ2v) is 3.35. The van der Waals surface area contributed by atoms with E-state index in [4.69, 9.17) is 0 Å². The van der Waals surface area contributed by atoms with Gasteiger partial charge in [0.15, 0.2) is 0 Å². The normalized spacial score (nSPS) is 12.0. The number of methoxy groups -OCH3 is 1. The summed E-state index contributed by atoms with van der Waals surface area (Å²) in [6, 6.07) is -0.264. The molecular formula is C10H20N2O3. The van der Waals surface area contributed by atoms with Crippen molar-refractivity contribution in [1.29, 1.82) is 0 Å². The average molecular weight is 216 g/mol. The lowest BCUT2D eigenvalue weighted by Crippen LogP contribution is -2.43. The summed E-state index contributed by atoms with van der Waals surface area (Å²) in [6.45, 7) is 4.84. The summed E-state index contributed by atoms with van der Waals surface area (Å²) in [5.41, 5.74) is 0. The number of likely N-dealkylation sites (N-methyl/N-ethyl adjacent to an activating group) is 1. The fraction of sp³-hybridized carbons (Fsp3) is 0.800. The van der Waals surface area contributed by atoms with Gasteiger partial charge in [0.2, 0.25) is 5.91 Å². The second kappa shape index (κ2) is 7.23. The Balaban J connectivity index is 3.78. The first-order valence-electron chi connectivity index (χ1n) is 5.08. The molecule has 1 atom stereocenters. The maximum Gasteiger partial charge on any atom is 0.306 e. The van der Waals surface area contributed by atoms with Crippen LogP contribution in [0, 0.1) is 0 Å². The summed E-state index contributed by atoms with van der Waals surface area (Å²) in [5, 5.41) is 2.97. The Hall–Kier alpha value is -1.10. The van der Waals surface area contributed by atoms with Crippen molar-refractivity contribution in [2.24, 2.45) is 0 Å². The molecule has 0 aromatic carbocycles. The molecule has 0 aromatic rings. The maximum absolute atomic E-state index is 11.6. The highest BCUT2D eigenvalue weighted by atomic mass is 16.5. The molecule has 1 N–H and O–H groups in total. The van der Waals surface area contributed by atoms with Crippen molar-refractivity contribution in [1.82, 2.24) is 10.2 Å². The van der Waals surface area contributed by atoms with Crippen molar-refractivity contribution in [2.75, 3.05) is 27.2 Å². The molecule has 1 unspecified atom stereocenters. The van der Waals surface area contributed by atoms with E-state index in [2.05, 4.69) is 10.1 Å². The number of carbonyl (C=O) groups excluding carboxylic acids is 2. The third-order valence-corrected chi connectivity index (χ3v) is 2.23. The van der Waals surface area contributed by atoms with Gasteiger partial charge in [0.25, 0.3) is 0 Å². The van der Waals surface area contributed by atoms with E-state index in [1.807, 2.05) is 6.92 Å². The van der Waals surface area contributed by atoms with Gasteiger partial charge in [-0.05, 0) is 13.8 Å². The van der Waals surface area contributed by atoms with Crippen molar-refractivity contribution < 1.29 is 14.3 Å². The standard InChI is InChI=1S/C10H20N2O3/c1-5-12(3)10(14)8(2)11-7-6-9(13)15-4/h8,11H,5-7H2,1-4H3. The van der Waals surface area contributed by atoms with Crippen LogP contribution in [0.1, 0.15) is 20.3 Å². The number of ether oxygens (including phenoxy) is 1. The van der Waals surface area contributed by atoms with E-state index in [-0.39, 0.29) is 24.3 Å². The molecule has 0 rings (SSSR count). The van der Waals surface area contributed by atoms with Crippen LogP contribution < -0.4 is 5.32 Å². The number of nitrogens with zero attached hydrogens (tertiary/aromatic N) is 1. The lowest BCUT2D eigenvalue weighted by atomic mass is 10.3. The highest BCUT2D eigenvalue weighted by molar-refractivity contribution is 5.81. The van der Waals surface area contributed by atoms with Gasteiger partial charge in [0, 0.05) is 20.1 Å². The molecule has 1 amide bonds. The van der Waals surface area contributed by atoms with Gasteiger partial charge in [-0.25, -0.2) is 0 Å². The number of carbonyl (C=O) groups is 2. The Bertz CT molecular complexity index is 219. The number of nitrogens with one attached hydrogen (secondary N) is 1. The van der Waals surface area contributed by atoms with Crippen LogP contribution in [-0.4, -0.2) is 50.1 Å². The minimum absolute atomic E-state index is 0.0300. The average Bonchev–Trinajstić information content (AvgIpc) is 2.26. The van der Waals surface area contributed by atoms with Crippen LogP contribution in [0.5, 0.6) is 0 Å². The van der Waals surface area contributed by atoms with Crippen molar-refractivity contribution in [2.45, 2.75) is 26.3 Å². The highest BCUT2D eigenvalue weighted by Gasteiger charge is 2.15. The fourth-order valence-electron chi connectivity index (χ4n) is 1.07. The molecule has 0 saturated heterocycles. The summed E-state index contributed by atoms with van der Waals surface area (Å²) in [6.07, 6.45) is 0.282. The molecule has 0 aliphatic rings. The van der Waals surface area contributed by atoms with E-state index < -0.39 is 0 Å². The van der Waals surface area contributed by atoms with E-state index in [0.717, 1.165) is 0 Å². The number of amides is 1. The van der Waals surface area contributed by atoms with E-state index in [9.17, 15) is 9.59 Å². The smallest absolute Gasteiger partial charge is 0.306 e. The predicted molar refractivity (Wildman–Crippen MR) is 57.4 cm³/mol. The molecule has 0 saturated carbocycles. The molecule has 0 aliphatic carbocycles. The van der Waals surface area contributed by atoms with E-state index >= 15 is 0 Å².